The van der Waals surface area contributed by atoms with Gasteiger partial charge in [0.25, 0.3) is 0 Å². The highest BCUT2D eigenvalue weighted by atomic mass is 32.1. The first-order valence-electron chi connectivity index (χ1n) is 5.94. The molecule has 1 aromatic rings. The zero-order chi connectivity index (χ0) is 11.4. The maximum atomic E-state index is 9.95. The van der Waals surface area contributed by atoms with E-state index in [1.165, 1.54) is 6.42 Å². The van der Waals surface area contributed by atoms with E-state index in [0.29, 0.717) is 6.42 Å². The summed E-state index contributed by atoms with van der Waals surface area (Å²) < 4.78 is 5.61. The average Bonchev–Trinajstić information content (AvgIpc) is 2.65. The van der Waals surface area contributed by atoms with E-state index in [1.807, 2.05) is 12.3 Å². The molecule has 1 saturated heterocycles. The molecule has 3 nitrogen and oxygen atoms in total. The lowest BCUT2D eigenvalue weighted by atomic mass is 10.0. The van der Waals surface area contributed by atoms with Gasteiger partial charge in [0.15, 0.2) is 0 Å². The van der Waals surface area contributed by atoms with Crippen LogP contribution in [0, 0.1) is 6.92 Å². The van der Waals surface area contributed by atoms with Crippen LogP contribution in [0.4, 0.5) is 0 Å². The Morgan fingerprint density at radius 1 is 1.62 bits per heavy atom. The van der Waals surface area contributed by atoms with Crippen LogP contribution in [0.25, 0.3) is 0 Å². The lowest BCUT2D eigenvalue weighted by molar-refractivity contribution is -0.0149. The lowest BCUT2D eigenvalue weighted by Crippen LogP contribution is -2.25. The smallest absolute Gasteiger partial charge is 0.0897 e. The third kappa shape index (κ3) is 3.54. The Labute approximate surface area is 100 Å². The van der Waals surface area contributed by atoms with E-state index in [9.17, 15) is 5.11 Å². The molecule has 1 aromatic heterocycles. The van der Waals surface area contributed by atoms with Crippen molar-refractivity contribution < 1.29 is 9.84 Å². The Morgan fingerprint density at radius 2 is 2.50 bits per heavy atom. The molecule has 1 fully saturated rings. The molecule has 1 aliphatic heterocycles. The molecule has 2 atom stereocenters. The summed E-state index contributed by atoms with van der Waals surface area (Å²) in [5.41, 5.74) is 1.01. The van der Waals surface area contributed by atoms with Gasteiger partial charge in [-0.2, -0.15) is 0 Å². The first-order chi connectivity index (χ1) is 7.74. The number of rotatable bonds is 4. The SMILES string of the molecule is Cc1nc(CC(O)CC2CCCCO2)cs1. The number of hydrogen-bond donors (Lipinski definition) is 1. The molecule has 90 valence electrons. The molecule has 0 amide bonds. The van der Waals surface area contributed by atoms with E-state index in [4.69, 9.17) is 4.74 Å². The highest BCUT2D eigenvalue weighted by Crippen LogP contribution is 2.19. The summed E-state index contributed by atoms with van der Waals surface area (Å²) in [7, 11) is 0. The van der Waals surface area contributed by atoms with E-state index >= 15 is 0 Å². The van der Waals surface area contributed by atoms with E-state index in [1.54, 1.807) is 11.3 Å². The summed E-state index contributed by atoms with van der Waals surface area (Å²) in [6.07, 6.45) is 4.83. The van der Waals surface area contributed by atoms with Gasteiger partial charge in [0.05, 0.1) is 22.9 Å². The topological polar surface area (TPSA) is 42.4 Å². The number of hydrogen-bond acceptors (Lipinski definition) is 4. The van der Waals surface area contributed by atoms with Gasteiger partial charge in [-0.3, -0.25) is 0 Å². The van der Waals surface area contributed by atoms with Crippen LogP contribution in [0.1, 0.15) is 36.4 Å². The van der Waals surface area contributed by atoms with Crippen LogP contribution in [0.15, 0.2) is 5.38 Å². The summed E-state index contributed by atoms with van der Waals surface area (Å²) in [5.74, 6) is 0. The number of aromatic nitrogens is 1. The molecule has 0 aliphatic carbocycles. The summed E-state index contributed by atoms with van der Waals surface area (Å²) >= 11 is 1.64. The van der Waals surface area contributed by atoms with Gasteiger partial charge in [-0.25, -0.2) is 4.98 Å². The maximum absolute atomic E-state index is 9.95. The van der Waals surface area contributed by atoms with E-state index in [-0.39, 0.29) is 12.2 Å². The standard InChI is InChI=1S/C12H19NO2S/c1-9-13-10(8-16-9)6-11(14)7-12-4-2-3-5-15-12/h8,11-12,14H,2-7H2,1H3. The van der Waals surface area contributed by atoms with Crippen molar-refractivity contribution in [2.75, 3.05) is 6.61 Å². The summed E-state index contributed by atoms with van der Waals surface area (Å²) in [6.45, 7) is 2.85. The van der Waals surface area contributed by atoms with Gasteiger partial charge in [-0.1, -0.05) is 0 Å². The highest BCUT2D eigenvalue weighted by molar-refractivity contribution is 7.09. The van der Waals surface area contributed by atoms with Crippen LogP contribution in [0.3, 0.4) is 0 Å². The lowest BCUT2D eigenvalue weighted by Gasteiger charge is -2.24. The van der Waals surface area contributed by atoms with Gasteiger partial charge in [0, 0.05) is 18.4 Å². The molecule has 0 spiro atoms. The second kappa shape index (κ2) is 5.75. The van der Waals surface area contributed by atoms with Gasteiger partial charge < -0.3 is 9.84 Å². The minimum atomic E-state index is -0.315. The molecule has 2 heterocycles. The highest BCUT2D eigenvalue weighted by Gasteiger charge is 2.18. The van der Waals surface area contributed by atoms with Crippen molar-refractivity contribution >= 4 is 11.3 Å². The molecular weight excluding hydrogens is 222 g/mol. The zero-order valence-electron chi connectivity index (χ0n) is 9.69. The van der Waals surface area contributed by atoms with Crippen LogP contribution in [0.2, 0.25) is 0 Å². The van der Waals surface area contributed by atoms with Crippen LogP contribution < -0.4 is 0 Å². The Hall–Kier alpha value is -0.450. The first-order valence-corrected chi connectivity index (χ1v) is 6.82. The molecule has 4 heteroatoms. The van der Waals surface area contributed by atoms with Crippen molar-refractivity contribution in [3.63, 3.8) is 0 Å². The maximum Gasteiger partial charge on any atom is 0.0897 e. The Bertz CT molecular complexity index is 321. The Morgan fingerprint density at radius 3 is 3.12 bits per heavy atom. The fraction of sp³-hybridized carbons (Fsp3) is 0.750. The van der Waals surface area contributed by atoms with Gasteiger partial charge >= 0.3 is 0 Å². The number of ether oxygens (including phenoxy) is 1. The molecule has 0 saturated carbocycles. The van der Waals surface area contributed by atoms with Crippen molar-refractivity contribution in [3.8, 4) is 0 Å². The van der Waals surface area contributed by atoms with E-state index in [2.05, 4.69) is 4.98 Å². The molecule has 1 aliphatic rings. The third-order valence-corrected chi connectivity index (χ3v) is 3.74. The molecule has 16 heavy (non-hydrogen) atoms. The zero-order valence-corrected chi connectivity index (χ0v) is 10.5. The fourth-order valence-corrected chi connectivity index (χ4v) is 2.75. The van der Waals surface area contributed by atoms with Crippen molar-refractivity contribution in [3.05, 3.63) is 16.1 Å². The third-order valence-electron chi connectivity index (χ3n) is 2.92. The van der Waals surface area contributed by atoms with Crippen molar-refractivity contribution in [2.45, 2.75) is 51.2 Å². The van der Waals surface area contributed by atoms with Crippen molar-refractivity contribution in [2.24, 2.45) is 0 Å². The second-order valence-corrected chi connectivity index (χ2v) is 5.50. The van der Waals surface area contributed by atoms with Crippen LogP contribution in [-0.4, -0.2) is 28.9 Å². The minimum Gasteiger partial charge on any atom is -0.393 e. The van der Waals surface area contributed by atoms with Crippen molar-refractivity contribution in [1.82, 2.24) is 4.98 Å². The van der Waals surface area contributed by atoms with Gasteiger partial charge in [-0.05, 0) is 32.6 Å². The summed E-state index contributed by atoms with van der Waals surface area (Å²) in [4.78, 5) is 4.36. The second-order valence-electron chi connectivity index (χ2n) is 4.44. The molecule has 2 unspecified atom stereocenters. The molecule has 0 aromatic carbocycles. The Balaban J connectivity index is 1.77. The first kappa shape index (κ1) is 12.0. The van der Waals surface area contributed by atoms with Gasteiger partial charge in [-0.15, -0.1) is 11.3 Å². The number of thiazole rings is 1. The van der Waals surface area contributed by atoms with Gasteiger partial charge in [0.1, 0.15) is 0 Å². The van der Waals surface area contributed by atoms with Crippen LogP contribution in [-0.2, 0) is 11.2 Å². The fourth-order valence-electron chi connectivity index (χ4n) is 2.12. The number of aliphatic hydroxyl groups is 1. The van der Waals surface area contributed by atoms with Crippen LogP contribution in [0.5, 0.6) is 0 Å². The normalized spacial score (nSPS) is 23.2. The quantitative estimate of drug-likeness (QED) is 0.879. The van der Waals surface area contributed by atoms with Crippen LogP contribution >= 0.6 is 11.3 Å². The number of aliphatic hydroxyl groups excluding tert-OH is 1. The summed E-state index contributed by atoms with van der Waals surface area (Å²) in [6, 6.07) is 0. The molecule has 1 N–H and O–H groups in total. The monoisotopic (exact) mass is 241 g/mol. The predicted molar refractivity (Wildman–Crippen MR) is 64.8 cm³/mol. The summed E-state index contributed by atoms with van der Waals surface area (Å²) in [5, 5.41) is 13.0. The molecule has 2 rings (SSSR count). The van der Waals surface area contributed by atoms with E-state index < -0.39 is 0 Å². The van der Waals surface area contributed by atoms with Gasteiger partial charge in [0.2, 0.25) is 0 Å². The number of aryl methyl sites for hydroxylation is 1. The molecule has 0 bridgehead atoms. The predicted octanol–water partition coefficient (Wildman–Crippen LogP) is 2.31. The van der Waals surface area contributed by atoms with Crippen molar-refractivity contribution in [1.29, 1.82) is 0 Å². The average molecular weight is 241 g/mol. The largest absolute Gasteiger partial charge is 0.393 e. The minimum absolute atomic E-state index is 0.253. The molecule has 0 radical (unpaired) electrons. The Kier molecular flexibility index (Phi) is 4.32. The number of nitrogens with zero attached hydrogens (tertiary/aromatic N) is 1. The van der Waals surface area contributed by atoms with E-state index in [0.717, 1.165) is 36.6 Å². The molecular formula is C12H19NO2S.